The molecule has 0 aliphatic carbocycles. The summed E-state index contributed by atoms with van der Waals surface area (Å²) in [5, 5.41) is 0. The maximum Gasteiger partial charge on any atom is 0.472 e. The molecule has 308 valence electrons. The van der Waals surface area contributed by atoms with Crippen molar-refractivity contribution in [3.63, 3.8) is 0 Å². The first-order valence-electron chi connectivity index (χ1n) is 21.7. The van der Waals surface area contributed by atoms with Crippen LogP contribution in [-0.4, -0.2) is 49.3 Å². The van der Waals surface area contributed by atoms with Crippen LogP contribution in [0.4, 0.5) is 0 Å². The van der Waals surface area contributed by atoms with Crippen molar-refractivity contribution in [3.8, 4) is 0 Å². The van der Waals surface area contributed by atoms with Crippen LogP contribution in [0.1, 0.15) is 213 Å². The Morgan fingerprint density at radius 2 is 0.942 bits per heavy atom. The number of carbonyl (C=O) groups is 2. The summed E-state index contributed by atoms with van der Waals surface area (Å²) in [6.45, 7) is 3.74. The molecule has 0 aromatic heterocycles. The highest BCUT2D eigenvalue weighted by Crippen LogP contribution is 2.43. The maximum atomic E-state index is 12.6. The van der Waals surface area contributed by atoms with Gasteiger partial charge in [0.15, 0.2) is 6.10 Å². The van der Waals surface area contributed by atoms with Gasteiger partial charge in [-0.25, -0.2) is 4.57 Å². The summed E-state index contributed by atoms with van der Waals surface area (Å²) in [5.41, 5.74) is 5.34. The van der Waals surface area contributed by atoms with Crippen LogP contribution in [0.15, 0.2) is 12.2 Å². The predicted octanol–water partition coefficient (Wildman–Crippen LogP) is 12.2. The molecule has 0 fully saturated rings. The molecule has 2 atom stereocenters. The van der Waals surface area contributed by atoms with E-state index in [2.05, 4.69) is 26.0 Å². The minimum Gasteiger partial charge on any atom is -0.462 e. The first-order valence-corrected chi connectivity index (χ1v) is 23.2. The fourth-order valence-corrected chi connectivity index (χ4v) is 6.92. The van der Waals surface area contributed by atoms with Crippen molar-refractivity contribution in [2.24, 2.45) is 5.73 Å². The molecule has 0 aromatic rings. The van der Waals surface area contributed by atoms with E-state index >= 15 is 0 Å². The number of hydrogen-bond acceptors (Lipinski definition) is 8. The zero-order chi connectivity index (χ0) is 38.2. The minimum absolute atomic E-state index is 0.0539. The summed E-state index contributed by atoms with van der Waals surface area (Å²) < 4.78 is 32.7. The molecule has 0 amide bonds. The standard InChI is InChI=1S/C42H82NO8P/c1-3-5-7-9-11-13-15-17-19-21-23-25-27-29-31-33-35-42(45)51-40(39-50-52(46,47)49-37-36-43)38-48-41(44)34-32-30-28-26-24-22-20-18-16-14-12-10-8-6-4-2/h24,26,40H,3-23,25,27-39,43H2,1-2H3,(H,46,47)/b26-24+/t40-/m1/s1. The average Bonchev–Trinajstić information content (AvgIpc) is 3.13. The van der Waals surface area contributed by atoms with Gasteiger partial charge in [-0.05, 0) is 38.5 Å². The minimum atomic E-state index is -4.37. The molecular weight excluding hydrogens is 677 g/mol. The third kappa shape index (κ3) is 38.5. The van der Waals surface area contributed by atoms with Crippen LogP contribution in [0.5, 0.6) is 0 Å². The summed E-state index contributed by atoms with van der Waals surface area (Å²) >= 11 is 0. The van der Waals surface area contributed by atoms with Crippen LogP contribution in [0.2, 0.25) is 0 Å². The molecule has 0 saturated heterocycles. The Morgan fingerprint density at radius 1 is 0.558 bits per heavy atom. The van der Waals surface area contributed by atoms with Crippen molar-refractivity contribution in [1.29, 1.82) is 0 Å². The summed E-state index contributed by atoms with van der Waals surface area (Å²) in [6, 6.07) is 0. The summed E-state index contributed by atoms with van der Waals surface area (Å²) in [4.78, 5) is 34.8. The second-order valence-electron chi connectivity index (χ2n) is 14.6. The van der Waals surface area contributed by atoms with Gasteiger partial charge in [0.1, 0.15) is 6.61 Å². The lowest BCUT2D eigenvalue weighted by atomic mass is 10.0. The molecule has 9 nitrogen and oxygen atoms in total. The molecule has 3 N–H and O–H groups in total. The van der Waals surface area contributed by atoms with Gasteiger partial charge in [-0.2, -0.15) is 0 Å². The van der Waals surface area contributed by atoms with Crippen molar-refractivity contribution in [2.75, 3.05) is 26.4 Å². The number of unbranched alkanes of at least 4 members (excludes halogenated alkanes) is 26. The number of nitrogens with two attached hydrogens (primary N) is 1. The molecular formula is C42H82NO8P. The molecule has 0 rings (SSSR count). The summed E-state index contributed by atoms with van der Waals surface area (Å²) in [5.74, 6) is -0.844. The van der Waals surface area contributed by atoms with Gasteiger partial charge in [-0.1, -0.05) is 174 Å². The van der Waals surface area contributed by atoms with Crippen LogP contribution in [0.3, 0.4) is 0 Å². The monoisotopic (exact) mass is 760 g/mol. The molecule has 0 radical (unpaired) electrons. The molecule has 0 bridgehead atoms. The van der Waals surface area contributed by atoms with Crippen molar-refractivity contribution in [3.05, 3.63) is 12.2 Å². The Labute approximate surface area is 319 Å². The van der Waals surface area contributed by atoms with Gasteiger partial charge in [-0.3, -0.25) is 18.6 Å². The van der Waals surface area contributed by atoms with Gasteiger partial charge in [0, 0.05) is 19.4 Å². The van der Waals surface area contributed by atoms with E-state index in [1.165, 1.54) is 141 Å². The second-order valence-corrected chi connectivity index (χ2v) is 16.0. The first-order chi connectivity index (χ1) is 25.3. The third-order valence-electron chi connectivity index (χ3n) is 9.40. The number of phosphoric acid groups is 1. The van der Waals surface area contributed by atoms with E-state index in [1.54, 1.807) is 0 Å². The lowest BCUT2D eigenvalue weighted by Crippen LogP contribution is -2.29. The van der Waals surface area contributed by atoms with Gasteiger partial charge >= 0.3 is 19.8 Å². The molecule has 0 aliphatic heterocycles. The highest BCUT2D eigenvalue weighted by Gasteiger charge is 2.26. The van der Waals surface area contributed by atoms with E-state index in [0.29, 0.717) is 12.8 Å². The summed E-state index contributed by atoms with van der Waals surface area (Å²) in [6.07, 6.45) is 39.5. The highest BCUT2D eigenvalue weighted by atomic mass is 31.2. The number of hydrogen-bond donors (Lipinski definition) is 2. The molecule has 0 aromatic carbocycles. The normalized spacial score (nSPS) is 13.4. The fourth-order valence-electron chi connectivity index (χ4n) is 6.16. The van der Waals surface area contributed by atoms with Crippen molar-refractivity contribution in [1.82, 2.24) is 0 Å². The molecule has 0 spiro atoms. The van der Waals surface area contributed by atoms with Gasteiger partial charge in [0.25, 0.3) is 0 Å². The molecule has 1 unspecified atom stereocenters. The number of rotatable bonds is 41. The Morgan fingerprint density at radius 3 is 1.40 bits per heavy atom. The molecule has 0 saturated carbocycles. The van der Waals surface area contributed by atoms with E-state index in [1.807, 2.05) is 0 Å². The smallest absolute Gasteiger partial charge is 0.462 e. The maximum absolute atomic E-state index is 12.6. The number of phosphoric ester groups is 1. The first kappa shape index (κ1) is 50.8. The second kappa shape index (κ2) is 39.4. The van der Waals surface area contributed by atoms with Crippen LogP contribution >= 0.6 is 7.82 Å². The van der Waals surface area contributed by atoms with Gasteiger partial charge in [0.2, 0.25) is 0 Å². The lowest BCUT2D eigenvalue weighted by Gasteiger charge is -2.19. The molecule has 52 heavy (non-hydrogen) atoms. The molecule has 10 heteroatoms. The van der Waals surface area contributed by atoms with Crippen molar-refractivity contribution < 1.29 is 37.6 Å². The van der Waals surface area contributed by atoms with Crippen molar-refractivity contribution >= 4 is 19.8 Å². The van der Waals surface area contributed by atoms with Gasteiger partial charge < -0.3 is 20.1 Å². The Kier molecular flexibility index (Phi) is 38.5. The Balaban J connectivity index is 4.15. The number of carbonyl (C=O) groups excluding carboxylic acids is 2. The summed E-state index contributed by atoms with van der Waals surface area (Å²) in [7, 11) is -4.37. The van der Waals surface area contributed by atoms with Crippen LogP contribution in [0, 0.1) is 0 Å². The largest absolute Gasteiger partial charge is 0.472 e. The topological polar surface area (TPSA) is 134 Å². The van der Waals surface area contributed by atoms with E-state index < -0.39 is 32.5 Å². The molecule has 0 heterocycles. The van der Waals surface area contributed by atoms with Crippen LogP contribution in [0.25, 0.3) is 0 Å². The van der Waals surface area contributed by atoms with E-state index in [-0.39, 0.29) is 32.6 Å². The quantitative estimate of drug-likeness (QED) is 0.0270. The fraction of sp³-hybridized carbons (Fsp3) is 0.905. The van der Waals surface area contributed by atoms with Gasteiger partial charge in [0.05, 0.1) is 13.2 Å². The number of ether oxygens (including phenoxy) is 2. The third-order valence-corrected chi connectivity index (χ3v) is 10.4. The SMILES string of the molecule is CCCCCCCCCCC/C=C/CCCCC(=O)OC[C@H](COP(=O)(O)OCCN)OC(=O)CCCCCCCCCCCCCCCCCC. The number of esters is 2. The average molecular weight is 760 g/mol. The van der Waals surface area contributed by atoms with Crippen LogP contribution < -0.4 is 5.73 Å². The zero-order valence-corrected chi connectivity index (χ0v) is 34.7. The number of allylic oxidation sites excluding steroid dienone is 2. The predicted molar refractivity (Wildman–Crippen MR) is 215 cm³/mol. The Bertz CT molecular complexity index is 871. The zero-order valence-electron chi connectivity index (χ0n) is 33.8. The molecule has 0 aliphatic rings. The lowest BCUT2D eigenvalue weighted by molar-refractivity contribution is -0.161. The highest BCUT2D eigenvalue weighted by molar-refractivity contribution is 7.47. The Hall–Kier alpha value is -1.25. The van der Waals surface area contributed by atoms with Gasteiger partial charge in [-0.15, -0.1) is 0 Å². The van der Waals surface area contributed by atoms with E-state index in [9.17, 15) is 19.0 Å². The van der Waals surface area contributed by atoms with Crippen molar-refractivity contribution in [2.45, 2.75) is 219 Å². The van der Waals surface area contributed by atoms with E-state index in [0.717, 1.165) is 32.1 Å². The van der Waals surface area contributed by atoms with E-state index in [4.69, 9.17) is 24.3 Å². The van der Waals surface area contributed by atoms with Crippen LogP contribution in [-0.2, 0) is 32.7 Å².